The van der Waals surface area contributed by atoms with Crippen molar-refractivity contribution >= 4 is 5.91 Å². The van der Waals surface area contributed by atoms with Gasteiger partial charge in [-0.25, -0.2) is 4.39 Å². The first-order chi connectivity index (χ1) is 15.9. The summed E-state index contributed by atoms with van der Waals surface area (Å²) in [5.41, 5.74) is 4.23. The minimum Gasteiger partial charge on any atom is -0.481 e. The summed E-state index contributed by atoms with van der Waals surface area (Å²) in [6.07, 6.45) is 0.273. The van der Waals surface area contributed by atoms with Gasteiger partial charge in [-0.05, 0) is 62.1 Å². The first-order valence-corrected chi connectivity index (χ1v) is 11.5. The Morgan fingerprint density at radius 2 is 1.79 bits per heavy atom. The lowest BCUT2D eigenvalue weighted by atomic mass is 9.87. The summed E-state index contributed by atoms with van der Waals surface area (Å²) in [6, 6.07) is 23.3. The van der Waals surface area contributed by atoms with E-state index in [0.29, 0.717) is 17.9 Å². The first kappa shape index (κ1) is 23.0. The van der Waals surface area contributed by atoms with Crippen molar-refractivity contribution in [2.75, 3.05) is 6.54 Å². The van der Waals surface area contributed by atoms with E-state index in [9.17, 15) is 9.18 Å². The number of carbonyl (C=O) groups is 1. The van der Waals surface area contributed by atoms with Crippen molar-refractivity contribution in [3.8, 4) is 5.75 Å². The number of carbonyl (C=O) groups excluding carboxylic acids is 1. The van der Waals surface area contributed by atoms with Crippen LogP contribution >= 0.6 is 0 Å². The van der Waals surface area contributed by atoms with Gasteiger partial charge >= 0.3 is 0 Å². The number of rotatable bonds is 7. The van der Waals surface area contributed by atoms with Crippen molar-refractivity contribution in [2.24, 2.45) is 0 Å². The van der Waals surface area contributed by atoms with Crippen molar-refractivity contribution in [1.82, 2.24) is 10.2 Å². The number of halogens is 1. The summed E-state index contributed by atoms with van der Waals surface area (Å²) in [4.78, 5) is 14.7. The Labute approximate surface area is 195 Å². The van der Waals surface area contributed by atoms with Crippen LogP contribution in [0.1, 0.15) is 49.1 Å². The van der Waals surface area contributed by atoms with Gasteiger partial charge in [-0.1, -0.05) is 54.6 Å². The molecule has 2 atom stereocenters. The SMILES string of the molecule is CC(C)NC(=O)[C@H](C)Oc1ccc2c(c1)[C@@H](c1ccccc1)N(Cc1ccccc1F)CC2. The van der Waals surface area contributed by atoms with Gasteiger partial charge in [0.05, 0.1) is 6.04 Å². The number of amides is 1. The fourth-order valence-electron chi connectivity index (χ4n) is 4.42. The second kappa shape index (κ2) is 10.2. The van der Waals surface area contributed by atoms with Crippen molar-refractivity contribution in [1.29, 1.82) is 0 Å². The molecule has 1 heterocycles. The van der Waals surface area contributed by atoms with Crippen molar-refractivity contribution in [3.05, 3.63) is 101 Å². The Balaban J connectivity index is 1.66. The summed E-state index contributed by atoms with van der Waals surface area (Å²) in [7, 11) is 0. The molecule has 0 fully saturated rings. The van der Waals surface area contributed by atoms with Gasteiger partial charge in [0.1, 0.15) is 11.6 Å². The van der Waals surface area contributed by atoms with Crippen molar-refractivity contribution in [2.45, 2.75) is 51.9 Å². The van der Waals surface area contributed by atoms with Gasteiger partial charge in [0.2, 0.25) is 0 Å². The molecule has 0 saturated carbocycles. The van der Waals surface area contributed by atoms with Gasteiger partial charge in [-0.2, -0.15) is 0 Å². The lowest BCUT2D eigenvalue weighted by Gasteiger charge is -2.38. The van der Waals surface area contributed by atoms with Crippen LogP contribution in [-0.2, 0) is 17.8 Å². The van der Waals surface area contributed by atoms with Gasteiger partial charge in [0.25, 0.3) is 5.91 Å². The highest BCUT2D eigenvalue weighted by molar-refractivity contribution is 5.80. The molecule has 4 nitrogen and oxygen atoms in total. The Bertz CT molecular complexity index is 1100. The normalized spacial score (nSPS) is 16.8. The quantitative estimate of drug-likeness (QED) is 0.538. The molecule has 3 aromatic carbocycles. The van der Waals surface area contributed by atoms with Gasteiger partial charge in [0, 0.05) is 24.7 Å². The molecule has 172 valence electrons. The predicted molar refractivity (Wildman–Crippen MR) is 129 cm³/mol. The molecular weight excluding hydrogens is 415 g/mol. The van der Waals surface area contributed by atoms with Crippen LogP contribution < -0.4 is 10.1 Å². The predicted octanol–water partition coefficient (Wildman–Crippen LogP) is 5.27. The molecule has 5 heteroatoms. The maximum atomic E-state index is 14.5. The average molecular weight is 447 g/mol. The summed E-state index contributed by atoms with van der Waals surface area (Å²) in [6.45, 7) is 6.96. The Morgan fingerprint density at radius 1 is 1.06 bits per heavy atom. The van der Waals surface area contributed by atoms with E-state index in [1.54, 1.807) is 13.0 Å². The van der Waals surface area contributed by atoms with Crippen LogP contribution in [0.5, 0.6) is 5.75 Å². The van der Waals surface area contributed by atoms with Crippen LogP contribution in [0.4, 0.5) is 4.39 Å². The Morgan fingerprint density at radius 3 is 2.52 bits per heavy atom. The second-order valence-corrected chi connectivity index (χ2v) is 8.91. The van der Waals surface area contributed by atoms with E-state index >= 15 is 0 Å². The molecule has 3 aromatic rings. The highest BCUT2D eigenvalue weighted by atomic mass is 19.1. The number of nitrogens with one attached hydrogen (secondary N) is 1. The molecule has 0 unspecified atom stereocenters. The number of fused-ring (bicyclic) bond motifs is 1. The van der Waals surface area contributed by atoms with Crippen LogP contribution in [-0.4, -0.2) is 29.5 Å². The Kier molecular flexibility index (Phi) is 7.09. The minimum absolute atomic E-state index is 0.0297. The fraction of sp³-hybridized carbons (Fsp3) is 0.321. The lowest BCUT2D eigenvalue weighted by Crippen LogP contribution is -2.40. The Hall–Kier alpha value is -3.18. The number of hydrogen-bond acceptors (Lipinski definition) is 3. The number of ether oxygens (including phenoxy) is 1. The molecule has 0 bridgehead atoms. The smallest absolute Gasteiger partial charge is 0.260 e. The van der Waals surface area contributed by atoms with Crippen LogP contribution in [0, 0.1) is 5.82 Å². The average Bonchev–Trinajstić information content (AvgIpc) is 2.80. The maximum absolute atomic E-state index is 14.5. The van der Waals surface area contributed by atoms with E-state index in [0.717, 1.165) is 24.1 Å². The van der Waals surface area contributed by atoms with E-state index in [-0.39, 0.29) is 23.8 Å². The highest BCUT2D eigenvalue weighted by Gasteiger charge is 2.30. The van der Waals surface area contributed by atoms with Crippen molar-refractivity contribution in [3.63, 3.8) is 0 Å². The third-order valence-electron chi connectivity index (χ3n) is 6.01. The molecule has 0 radical (unpaired) electrons. The van der Waals surface area contributed by atoms with Crippen molar-refractivity contribution < 1.29 is 13.9 Å². The number of hydrogen-bond donors (Lipinski definition) is 1. The van der Waals surface area contributed by atoms with Gasteiger partial charge in [0.15, 0.2) is 6.10 Å². The van der Waals surface area contributed by atoms with Gasteiger partial charge in [-0.3, -0.25) is 9.69 Å². The summed E-state index contributed by atoms with van der Waals surface area (Å²) < 4.78 is 20.5. The molecule has 4 rings (SSSR count). The van der Waals surface area contributed by atoms with Crippen LogP contribution in [0.3, 0.4) is 0 Å². The molecule has 1 N–H and O–H groups in total. The summed E-state index contributed by atoms with van der Waals surface area (Å²) >= 11 is 0. The van der Waals surface area contributed by atoms with E-state index in [1.165, 1.54) is 11.6 Å². The van der Waals surface area contributed by atoms with Crippen LogP contribution in [0.2, 0.25) is 0 Å². The van der Waals surface area contributed by atoms with Crippen LogP contribution in [0.25, 0.3) is 0 Å². The molecule has 33 heavy (non-hydrogen) atoms. The van der Waals surface area contributed by atoms with Crippen LogP contribution in [0.15, 0.2) is 72.8 Å². The third kappa shape index (κ3) is 5.42. The van der Waals surface area contributed by atoms with Gasteiger partial charge < -0.3 is 10.1 Å². The molecule has 1 aliphatic rings. The molecule has 0 saturated heterocycles. The maximum Gasteiger partial charge on any atom is 0.260 e. The fourth-order valence-corrected chi connectivity index (χ4v) is 4.42. The molecular formula is C28H31FN2O2. The van der Waals surface area contributed by atoms with E-state index < -0.39 is 6.10 Å². The lowest BCUT2D eigenvalue weighted by molar-refractivity contribution is -0.127. The number of nitrogens with zero attached hydrogens (tertiary/aromatic N) is 1. The zero-order valence-corrected chi connectivity index (χ0v) is 19.4. The minimum atomic E-state index is -0.598. The number of benzene rings is 3. The molecule has 0 spiro atoms. The van der Waals surface area contributed by atoms with Gasteiger partial charge in [-0.15, -0.1) is 0 Å². The molecule has 1 amide bonds. The topological polar surface area (TPSA) is 41.6 Å². The largest absolute Gasteiger partial charge is 0.481 e. The first-order valence-electron chi connectivity index (χ1n) is 11.5. The summed E-state index contributed by atoms with van der Waals surface area (Å²) in [5.74, 6) is 0.342. The third-order valence-corrected chi connectivity index (χ3v) is 6.01. The van der Waals surface area contributed by atoms with E-state index in [4.69, 9.17) is 4.74 Å². The zero-order chi connectivity index (χ0) is 23.4. The summed E-state index contributed by atoms with van der Waals surface area (Å²) in [5, 5.41) is 2.89. The van der Waals surface area contributed by atoms with E-state index in [2.05, 4.69) is 28.4 Å². The molecule has 0 aromatic heterocycles. The monoisotopic (exact) mass is 446 g/mol. The van der Waals surface area contributed by atoms with E-state index in [1.807, 2.05) is 56.3 Å². The second-order valence-electron chi connectivity index (χ2n) is 8.91. The standard InChI is InChI=1S/C28H31FN2O2/c1-19(2)30-28(32)20(3)33-24-14-13-21-15-16-31(18-23-11-7-8-12-26(23)29)27(25(21)17-24)22-9-5-4-6-10-22/h4-14,17,19-20,27H,15-16,18H2,1-3H3,(H,30,32)/t20-,27+/m0/s1. The zero-order valence-electron chi connectivity index (χ0n) is 19.4. The molecule has 0 aliphatic carbocycles. The molecule has 1 aliphatic heterocycles. The highest BCUT2D eigenvalue weighted by Crippen LogP contribution is 2.38.